The highest BCUT2D eigenvalue weighted by Gasteiger charge is 2.35. The molecule has 2 aliphatic heterocycles. The minimum atomic E-state index is -0.331. The number of halogens is 1. The number of aromatic nitrogens is 4. The van der Waals surface area contributed by atoms with Gasteiger partial charge >= 0.3 is 5.69 Å². The van der Waals surface area contributed by atoms with Gasteiger partial charge in [0.2, 0.25) is 5.91 Å². The molecule has 1 amide bonds. The van der Waals surface area contributed by atoms with E-state index in [1.165, 1.54) is 12.5 Å². The molecule has 11 heteroatoms. The van der Waals surface area contributed by atoms with Crippen LogP contribution < -0.4 is 20.6 Å². The Bertz CT molecular complexity index is 1710. The first kappa shape index (κ1) is 29.6. The van der Waals surface area contributed by atoms with E-state index in [4.69, 9.17) is 16.3 Å². The smallest absolute Gasteiger partial charge is 0.350 e. The van der Waals surface area contributed by atoms with Crippen molar-refractivity contribution in [2.45, 2.75) is 52.7 Å². The van der Waals surface area contributed by atoms with Gasteiger partial charge in [-0.1, -0.05) is 31.2 Å². The van der Waals surface area contributed by atoms with E-state index in [0.717, 1.165) is 39.5 Å². The molecule has 2 atom stereocenters. The summed E-state index contributed by atoms with van der Waals surface area (Å²) < 4.78 is 7.94. The van der Waals surface area contributed by atoms with Gasteiger partial charge in [0.25, 0.3) is 0 Å². The number of aryl methyl sites for hydroxylation is 1. The minimum Gasteiger partial charge on any atom is -0.489 e. The number of benzene rings is 2. The summed E-state index contributed by atoms with van der Waals surface area (Å²) in [7, 11) is 1.96. The maximum Gasteiger partial charge on any atom is 0.350 e. The lowest BCUT2D eigenvalue weighted by atomic mass is 9.94. The summed E-state index contributed by atoms with van der Waals surface area (Å²) in [5.74, 6) is 1.03. The van der Waals surface area contributed by atoms with Crippen LogP contribution in [0.3, 0.4) is 0 Å². The third kappa shape index (κ3) is 5.13. The van der Waals surface area contributed by atoms with E-state index in [2.05, 4.69) is 38.9 Å². The molecule has 1 saturated heterocycles. The number of anilines is 1. The average molecular weight is 592 g/mol. The first-order chi connectivity index (χ1) is 20.2. The van der Waals surface area contributed by atoms with Crippen LogP contribution in [0.5, 0.6) is 5.75 Å². The largest absolute Gasteiger partial charge is 0.489 e. The SMILES string of the molecule is C=CC(=O)N1CC(C)N(c2nc(=O)n3c4c(c(-c5c(C)ccc6[nH]ncc56)c(Cl)cc24)OCC3)C[C@H]1C.CCCNC. The number of nitrogens with one attached hydrogen (secondary N) is 2. The molecular formula is C31H38ClN7O3. The molecule has 2 N–H and O–H groups in total. The predicted octanol–water partition coefficient (Wildman–Crippen LogP) is 4.52. The number of H-pyrrole nitrogens is 1. The normalized spacial score (nSPS) is 18.0. The maximum absolute atomic E-state index is 13.3. The summed E-state index contributed by atoms with van der Waals surface area (Å²) in [5.41, 5.74) is 3.93. The van der Waals surface area contributed by atoms with Crippen molar-refractivity contribution in [2.24, 2.45) is 0 Å². The molecule has 4 heterocycles. The van der Waals surface area contributed by atoms with Crippen molar-refractivity contribution in [1.29, 1.82) is 0 Å². The summed E-state index contributed by atoms with van der Waals surface area (Å²) in [5, 5.41) is 12.5. The molecule has 2 aromatic carbocycles. The van der Waals surface area contributed by atoms with Gasteiger partial charge in [0.1, 0.15) is 12.4 Å². The summed E-state index contributed by atoms with van der Waals surface area (Å²) in [4.78, 5) is 34.1. The third-order valence-corrected chi connectivity index (χ3v) is 8.31. The van der Waals surface area contributed by atoms with Crippen molar-refractivity contribution >= 4 is 45.1 Å². The van der Waals surface area contributed by atoms with Gasteiger partial charge in [-0.3, -0.25) is 14.5 Å². The molecule has 222 valence electrons. The second-order valence-corrected chi connectivity index (χ2v) is 11.3. The number of piperazine rings is 1. The number of carbonyl (C=O) groups is 1. The second kappa shape index (κ2) is 12.1. The minimum absolute atomic E-state index is 0.0706. The fourth-order valence-electron chi connectivity index (χ4n) is 5.95. The van der Waals surface area contributed by atoms with Gasteiger partial charge in [0.05, 0.1) is 28.8 Å². The Kier molecular flexibility index (Phi) is 8.56. The van der Waals surface area contributed by atoms with Crippen LogP contribution in [0.15, 0.2) is 41.8 Å². The molecule has 2 aliphatic rings. The molecule has 0 bridgehead atoms. The van der Waals surface area contributed by atoms with Crippen LogP contribution in [0.1, 0.15) is 32.8 Å². The van der Waals surface area contributed by atoms with Crippen LogP contribution in [0, 0.1) is 6.92 Å². The lowest BCUT2D eigenvalue weighted by Crippen LogP contribution is -2.58. The van der Waals surface area contributed by atoms with Crippen LogP contribution >= 0.6 is 11.6 Å². The van der Waals surface area contributed by atoms with Crippen LogP contribution in [0.2, 0.25) is 5.02 Å². The highest BCUT2D eigenvalue weighted by molar-refractivity contribution is 6.35. The van der Waals surface area contributed by atoms with E-state index >= 15 is 0 Å². The molecular weight excluding hydrogens is 554 g/mol. The molecule has 42 heavy (non-hydrogen) atoms. The average Bonchev–Trinajstić information content (AvgIpc) is 3.46. The van der Waals surface area contributed by atoms with Crippen LogP contribution in [-0.2, 0) is 11.3 Å². The van der Waals surface area contributed by atoms with Gasteiger partial charge in [-0.05, 0) is 64.6 Å². The first-order valence-corrected chi connectivity index (χ1v) is 14.8. The van der Waals surface area contributed by atoms with Crippen LogP contribution in [0.4, 0.5) is 5.82 Å². The van der Waals surface area contributed by atoms with E-state index in [1.807, 2.05) is 46.0 Å². The van der Waals surface area contributed by atoms with Crippen molar-refractivity contribution in [3.63, 3.8) is 0 Å². The molecule has 2 aromatic heterocycles. The predicted molar refractivity (Wildman–Crippen MR) is 169 cm³/mol. The molecule has 1 fully saturated rings. The van der Waals surface area contributed by atoms with Gasteiger partial charge in [-0.15, -0.1) is 0 Å². The van der Waals surface area contributed by atoms with Crippen molar-refractivity contribution in [3.05, 3.63) is 58.1 Å². The number of hydrogen-bond donors (Lipinski definition) is 2. The number of carbonyl (C=O) groups excluding carboxylic acids is 1. The fourth-order valence-corrected chi connectivity index (χ4v) is 6.24. The highest BCUT2D eigenvalue weighted by Crippen LogP contribution is 2.48. The molecule has 0 spiro atoms. The van der Waals surface area contributed by atoms with Crippen molar-refractivity contribution in [2.75, 3.05) is 38.2 Å². The zero-order valence-corrected chi connectivity index (χ0v) is 25.6. The summed E-state index contributed by atoms with van der Waals surface area (Å²) in [6, 6.07) is 5.74. The summed E-state index contributed by atoms with van der Waals surface area (Å²) >= 11 is 7.03. The maximum atomic E-state index is 13.3. The van der Waals surface area contributed by atoms with Crippen LogP contribution in [0.25, 0.3) is 32.9 Å². The molecule has 0 radical (unpaired) electrons. The standard InChI is InChI=1S/C27H27ClN6O3.C4H11N/c1-5-21(35)33-12-16(4)34(13-15(33)3)26-17-10-19(28)23(22-14(2)6-7-20-18(22)11-29-31-20)25-24(17)32(8-9-37-25)27(36)30-26;1-3-4-5-2/h5-7,10-11,15-16H,1,8-9,12-13H2,2-4H3,(H,29,31);5H,3-4H2,1-2H3/t15-,16?;/m1./s1. The number of aromatic amines is 1. The monoisotopic (exact) mass is 591 g/mol. The van der Waals surface area contributed by atoms with Gasteiger partial charge in [0, 0.05) is 47.1 Å². The Morgan fingerprint density at radius 1 is 1.24 bits per heavy atom. The molecule has 1 unspecified atom stereocenters. The zero-order valence-electron chi connectivity index (χ0n) is 24.8. The zero-order chi connectivity index (χ0) is 30.1. The number of fused-ring (bicyclic) bond motifs is 1. The quantitative estimate of drug-likeness (QED) is 0.329. The van der Waals surface area contributed by atoms with Gasteiger partial charge in [-0.25, -0.2) is 4.79 Å². The van der Waals surface area contributed by atoms with Gasteiger partial charge in [0.15, 0.2) is 5.75 Å². The Morgan fingerprint density at radius 2 is 2.02 bits per heavy atom. The molecule has 4 aromatic rings. The third-order valence-electron chi connectivity index (χ3n) is 8.01. The molecule has 10 nitrogen and oxygen atoms in total. The first-order valence-electron chi connectivity index (χ1n) is 14.4. The van der Waals surface area contributed by atoms with Crippen molar-refractivity contribution in [3.8, 4) is 16.9 Å². The number of hydrogen-bond acceptors (Lipinski definition) is 7. The van der Waals surface area contributed by atoms with E-state index in [1.54, 1.807) is 15.7 Å². The van der Waals surface area contributed by atoms with E-state index in [9.17, 15) is 9.59 Å². The Labute approximate surface area is 250 Å². The summed E-state index contributed by atoms with van der Waals surface area (Å²) in [6.45, 7) is 14.7. The molecule has 6 rings (SSSR count). The van der Waals surface area contributed by atoms with Gasteiger partial charge < -0.3 is 19.9 Å². The fraction of sp³-hybridized carbons (Fsp3) is 0.419. The van der Waals surface area contributed by atoms with Crippen molar-refractivity contribution < 1.29 is 9.53 Å². The second-order valence-electron chi connectivity index (χ2n) is 10.9. The number of rotatable bonds is 5. The van der Waals surface area contributed by atoms with Crippen molar-refractivity contribution in [1.82, 2.24) is 30.0 Å². The Morgan fingerprint density at radius 3 is 2.71 bits per heavy atom. The lowest BCUT2D eigenvalue weighted by molar-refractivity contribution is -0.128. The topological polar surface area (TPSA) is 108 Å². The lowest BCUT2D eigenvalue weighted by Gasteiger charge is -2.44. The summed E-state index contributed by atoms with van der Waals surface area (Å²) in [6.07, 6.45) is 4.36. The van der Waals surface area contributed by atoms with E-state index in [0.29, 0.717) is 48.3 Å². The Hall–Kier alpha value is -3.89. The van der Waals surface area contributed by atoms with Crippen LogP contribution in [-0.4, -0.2) is 75.9 Å². The Balaban J connectivity index is 0.000000652. The molecule has 0 aliphatic carbocycles. The number of amides is 1. The highest BCUT2D eigenvalue weighted by atomic mass is 35.5. The number of nitrogens with zero attached hydrogens (tertiary/aromatic N) is 5. The molecule has 0 saturated carbocycles. The van der Waals surface area contributed by atoms with E-state index < -0.39 is 0 Å². The number of ether oxygens (including phenoxy) is 1. The van der Waals surface area contributed by atoms with E-state index in [-0.39, 0.29) is 23.7 Å². The van der Waals surface area contributed by atoms with Gasteiger partial charge in [-0.2, -0.15) is 10.1 Å².